The third kappa shape index (κ3) is 59.4. The van der Waals surface area contributed by atoms with Crippen molar-refractivity contribution < 1.29 is 9.87 Å². The zero-order valence-corrected chi connectivity index (χ0v) is 2.59. The Morgan fingerprint density at radius 3 is 1.25 bits per heavy atom. The Kier molecular flexibility index (Phi) is 4690. The van der Waals surface area contributed by atoms with Crippen LogP contribution in [0.4, 0.5) is 4.39 Å². The van der Waals surface area contributed by atoms with Gasteiger partial charge in [-0.2, -0.15) is 0 Å². The molecule has 0 atom stereocenters. The fourth-order valence-electron chi connectivity index (χ4n) is 0. The van der Waals surface area contributed by atoms with Gasteiger partial charge in [0.1, 0.15) is 0 Å². The molecule has 0 aromatic carbocycles. The summed E-state index contributed by atoms with van der Waals surface area (Å²) in [4.78, 5) is 0. The average Bonchev–Trinajstić information content (AvgIpc) is 1.00. The van der Waals surface area contributed by atoms with Crippen LogP contribution in [-0.2, 0) is 0 Å². The normalized spacial score (nSPS) is 1.50. The van der Waals surface area contributed by atoms with Crippen LogP contribution < -0.4 is 6.15 Å². The average molecular weight is 69.1 g/mol. The van der Waals surface area contributed by atoms with Gasteiger partial charge in [-0.25, -0.2) is 0 Å². The number of hydrogen-bond donors (Lipinski definition) is 1. The van der Waals surface area contributed by atoms with E-state index in [2.05, 4.69) is 0 Å². The van der Waals surface area contributed by atoms with Crippen LogP contribution in [0.15, 0.2) is 0 Å². The molecule has 0 aromatic heterocycles. The Hall–Kier alpha value is -0.150. The SMILES string of the molecule is CF.N.O. The number of rotatable bonds is 0. The molecule has 0 saturated heterocycles. The molecule has 5 N–H and O–H groups in total. The van der Waals surface area contributed by atoms with Gasteiger partial charge in [-0.3, -0.25) is 4.39 Å². The van der Waals surface area contributed by atoms with Crippen LogP contribution in [0.25, 0.3) is 0 Å². The molecule has 4 heavy (non-hydrogen) atoms. The van der Waals surface area contributed by atoms with E-state index in [1.807, 2.05) is 0 Å². The first-order valence-corrected chi connectivity index (χ1v) is 0.378. The van der Waals surface area contributed by atoms with Crippen molar-refractivity contribution in [2.45, 2.75) is 0 Å². The van der Waals surface area contributed by atoms with Crippen molar-refractivity contribution in [2.75, 3.05) is 7.18 Å². The molecule has 2 nitrogen and oxygen atoms in total. The Morgan fingerprint density at radius 1 is 1.25 bits per heavy atom. The van der Waals surface area contributed by atoms with Gasteiger partial charge in [-0.1, -0.05) is 0 Å². The summed E-state index contributed by atoms with van der Waals surface area (Å²) >= 11 is 0. The molecule has 3 heteroatoms. The predicted octanol–water partition coefficient (Wildman–Crippen LogP) is -0.0770. The minimum Gasteiger partial charge on any atom is -0.412 e. The minimum absolute atomic E-state index is 0. The van der Waals surface area contributed by atoms with Crippen LogP contribution in [0.2, 0.25) is 0 Å². The van der Waals surface area contributed by atoms with E-state index in [1.165, 1.54) is 0 Å². The van der Waals surface area contributed by atoms with E-state index in [1.54, 1.807) is 0 Å². The van der Waals surface area contributed by atoms with Crippen LogP contribution >= 0.6 is 0 Å². The third-order valence-electron chi connectivity index (χ3n) is 0. The van der Waals surface area contributed by atoms with E-state index in [0.717, 1.165) is 0 Å². The Morgan fingerprint density at radius 2 is 1.25 bits per heavy atom. The lowest BCUT2D eigenvalue weighted by atomic mass is 11.9. The largest absolute Gasteiger partial charge is 0.412 e. The smallest absolute Gasteiger partial charge is 0.0785 e. The van der Waals surface area contributed by atoms with Crippen LogP contribution in [0.3, 0.4) is 0 Å². The highest BCUT2D eigenvalue weighted by atomic mass is 19.1. The molecule has 0 radical (unpaired) electrons. The Bertz CT molecular complexity index is 8.00. The van der Waals surface area contributed by atoms with Gasteiger partial charge in [0.15, 0.2) is 0 Å². The summed E-state index contributed by atoms with van der Waals surface area (Å²) in [7, 11) is 0.500. The second kappa shape index (κ2) is 434. The van der Waals surface area contributed by atoms with Crippen molar-refractivity contribution in [3.63, 3.8) is 0 Å². The fraction of sp³-hybridized carbons (Fsp3) is 1.00. The molecule has 0 aliphatic heterocycles. The maximum atomic E-state index is 9.50. The first kappa shape index (κ1) is 43.3. The summed E-state index contributed by atoms with van der Waals surface area (Å²) in [5.74, 6) is 0. The summed E-state index contributed by atoms with van der Waals surface area (Å²) in [6.07, 6.45) is 0. The highest BCUT2D eigenvalue weighted by Crippen LogP contribution is 1.16. The molecule has 0 aliphatic rings. The molecule has 0 heterocycles. The second-order valence-corrected chi connectivity index (χ2v) is 0. The molecular formula is CH8FNO. The highest BCUT2D eigenvalue weighted by molar-refractivity contribution is 3.23. The van der Waals surface area contributed by atoms with Gasteiger partial charge in [0, 0.05) is 0 Å². The van der Waals surface area contributed by atoms with Crippen molar-refractivity contribution in [3.8, 4) is 0 Å². The lowest BCUT2D eigenvalue weighted by Gasteiger charge is -1.10. The van der Waals surface area contributed by atoms with Gasteiger partial charge in [-0.05, 0) is 0 Å². The van der Waals surface area contributed by atoms with Crippen molar-refractivity contribution in [1.82, 2.24) is 6.15 Å². The molecule has 0 fully saturated rings. The van der Waals surface area contributed by atoms with Gasteiger partial charge in [0.2, 0.25) is 0 Å². The zero-order valence-electron chi connectivity index (χ0n) is 2.59. The fourth-order valence-corrected chi connectivity index (χ4v) is 0. The maximum absolute atomic E-state index is 9.50. The van der Waals surface area contributed by atoms with Crippen molar-refractivity contribution >= 4 is 0 Å². The van der Waals surface area contributed by atoms with Crippen molar-refractivity contribution in [2.24, 2.45) is 0 Å². The number of halogens is 1. The van der Waals surface area contributed by atoms with E-state index >= 15 is 0 Å². The van der Waals surface area contributed by atoms with Gasteiger partial charge in [0.25, 0.3) is 0 Å². The van der Waals surface area contributed by atoms with Gasteiger partial charge < -0.3 is 11.6 Å². The molecule has 0 saturated carbocycles. The quantitative estimate of drug-likeness (QED) is 0.424. The van der Waals surface area contributed by atoms with E-state index in [0.29, 0.717) is 7.18 Å². The van der Waals surface area contributed by atoms with Crippen LogP contribution in [0, 0.1) is 0 Å². The molecule has 0 rings (SSSR count). The monoisotopic (exact) mass is 69.1 g/mol. The molecule has 0 spiro atoms. The Labute approximate surface area is 24.5 Å². The van der Waals surface area contributed by atoms with E-state index in [4.69, 9.17) is 0 Å². The molecule has 0 aliphatic carbocycles. The summed E-state index contributed by atoms with van der Waals surface area (Å²) in [6.45, 7) is 0. The van der Waals surface area contributed by atoms with Crippen LogP contribution in [-0.4, -0.2) is 12.7 Å². The van der Waals surface area contributed by atoms with Crippen LogP contribution in [0.1, 0.15) is 0 Å². The first-order valence-electron chi connectivity index (χ1n) is 0.378. The topological polar surface area (TPSA) is 66.5 Å². The third-order valence-corrected chi connectivity index (χ3v) is 0. The molecule has 0 amide bonds. The van der Waals surface area contributed by atoms with Gasteiger partial charge >= 0.3 is 0 Å². The van der Waals surface area contributed by atoms with E-state index in [-0.39, 0.29) is 11.6 Å². The maximum Gasteiger partial charge on any atom is 0.0785 e. The van der Waals surface area contributed by atoms with Gasteiger partial charge in [0.05, 0.1) is 7.18 Å². The van der Waals surface area contributed by atoms with Crippen LogP contribution in [0.5, 0.6) is 0 Å². The summed E-state index contributed by atoms with van der Waals surface area (Å²) in [5, 5.41) is 0. The van der Waals surface area contributed by atoms with Crippen molar-refractivity contribution in [1.29, 1.82) is 0 Å². The number of hydrogen-bond acceptors (Lipinski definition) is 1. The lowest BCUT2D eigenvalue weighted by molar-refractivity contribution is 0.636. The summed E-state index contributed by atoms with van der Waals surface area (Å²) in [5.41, 5.74) is 0. The highest BCUT2D eigenvalue weighted by Gasteiger charge is 0.926. The van der Waals surface area contributed by atoms with Crippen molar-refractivity contribution in [3.05, 3.63) is 0 Å². The summed E-state index contributed by atoms with van der Waals surface area (Å²) < 4.78 is 9.50. The predicted molar refractivity (Wildman–Crippen MR) is 15.7 cm³/mol. The summed E-state index contributed by atoms with van der Waals surface area (Å²) in [6, 6.07) is 0. The molecule has 0 unspecified atom stereocenters. The molecule has 30 valence electrons. The first-order chi connectivity index (χ1) is 1.00. The molecular weight excluding hydrogens is 61.0 g/mol. The van der Waals surface area contributed by atoms with Gasteiger partial charge in [-0.15, -0.1) is 0 Å². The second-order valence-electron chi connectivity index (χ2n) is 0. The Balaban J connectivity index is -0.00000000500. The zero-order chi connectivity index (χ0) is 2.00. The molecule has 0 bridgehead atoms. The minimum atomic E-state index is 0. The number of alkyl halides is 1. The lowest BCUT2D eigenvalue weighted by Crippen LogP contribution is -0.939. The van der Waals surface area contributed by atoms with E-state index in [9.17, 15) is 4.39 Å². The molecule has 0 aromatic rings. The van der Waals surface area contributed by atoms with E-state index < -0.39 is 0 Å². The standard InChI is InChI=1S/CH3F.H3N.H2O/c1-2;;/h1H3;1H3;1H2.